The third kappa shape index (κ3) is 5.01. The molecule has 3 N–H and O–H groups in total. The summed E-state index contributed by atoms with van der Waals surface area (Å²) in [6.45, 7) is 1.26. The van der Waals surface area contributed by atoms with Crippen molar-refractivity contribution in [3.63, 3.8) is 0 Å². The Bertz CT molecular complexity index is 141. The van der Waals surface area contributed by atoms with E-state index in [1.165, 1.54) is 0 Å². The zero-order valence-electron chi connectivity index (χ0n) is 7.02. The van der Waals surface area contributed by atoms with Crippen molar-refractivity contribution in [2.24, 2.45) is 5.73 Å². The van der Waals surface area contributed by atoms with Crippen molar-refractivity contribution in [2.45, 2.75) is 32.2 Å². The van der Waals surface area contributed by atoms with Crippen molar-refractivity contribution in [3.05, 3.63) is 0 Å². The molecule has 0 aliphatic heterocycles. The predicted molar refractivity (Wildman–Crippen MR) is 41.9 cm³/mol. The molecule has 0 spiro atoms. The van der Waals surface area contributed by atoms with E-state index in [0.29, 0.717) is 6.42 Å². The van der Waals surface area contributed by atoms with Gasteiger partial charge in [0.15, 0.2) is 0 Å². The van der Waals surface area contributed by atoms with Gasteiger partial charge in [-0.1, -0.05) is 13.3 Å². The number of halogens is 2. The third-order valence-corrected chi connectivity index (χ3v) is 1.37. The van der Waals surface area contributed by atoms with Gasteiger partial charge >= 0.3 is 0 Å². The minimum absolute atomic E-state index is 0.503. The number of alkyl halides is 2. The first-order valence-electron chi connectivity index (χ1n) is 3.89. The van der Waals surface area contributed by atoms with E-state index >= 15 is 0 Å². The van der Waals surface area contributed by atoms with E-state index < -0.39 is 24.9 Å². The van der Waals surface area contributed by atoms with Crippen molar-refractivity contribution < 1.29 is 13.6 Å². The van der Waals surface area contributed by atoms with Crippen molar-refractivity contribution in [3.8, 4) is 0 Å². The minimum atomic E-state index is -2.51. The summed E-state index contributed by atoms with van der Waals surface area (Å²) in [7, 11) is 0. The van der Waals surface area contributed by atoms with Crippen LogP contribution >= 0.6 is 0 Å². The number of rotatable bonds is 5. The molecule has 0 radical (unpaired) electrons. The molecular formula is C7H14F2N2O. The molecule has 0 aliphatic rings. The highest BCUT2D eigenvalue weighted by Crippen LogP contribution is 1.94. The predicted octanol–water partition coefficient (Wildman–Crippen LogP) is 0.495. The number of amides is 1. The Kier molecular flexibility index (Phi) is 5.53. The largest absolute Gasteiger partial charge is 0.349 e. The molecule has 0 bridgehead atoms. The summed E-state index contributed by atoms with van der Waals surface area (Å²) in [5, 5.41) is 2.05. The molecular weight excluding hydrogens is 166 g/mol. The molecule has 3 nitrogen and oxygen atoms in total. The van der Waals surface area contributed by atoms with Crippen LogP contribution in [0, 0.1) is 0 Å². The van der Waals surface area contributed by atoms with Crippen molar-refractivity contribution in [1.82, 2.24) is 5.32 Å². The lowest BCUT2D eigenvalue weighted by atomic mass is 10.2. The maximum absolute atomic E-state index is 11.6. The molecule has 5 heteroatoms. The van der Waals surface area contributed by atoms with Crippen LogP contribution in [0.4, 0.5) is 8.78 Å². The lowest BCUT2D eigenvalue weighted by Crippen LogP contribution is -2.42. The topological polar surface area (TPSA) is 55.1 Å². The van der Waals surface area contributed by atoms with Crippen LogP contribution in [-0.2, 0) is 4.79 Å². The molecule has 0 heterocycles. The number of carbonyl (C=O) groups excluding carboxylic acids is 1. The van der Waals surface area contributed by atoms with Crippen molar-refractivity contribution >= 4 is 5.91 Å². The Hall–Kier alpha value is -0.710. The number of hydrogen-bond acceptors (Lipinski definition) is 2. The van der Waals surface area contributed by atoms with Gasteiger partial charge in [0.2, 0.25) is 5.91 Å². The average molecular weight is 180 g/mol. The van der Waals surface area contributed by atoms with Gasteiger partial charge in [-0.2, -0.15) is 0 Å². The molecule has 0 saturated heterocycles. The summed E-state index contributed by atoms with van der Waals surface area (Å²) < 4.78 is 23.2. The molecule has 0 fully saturated rings. The first-order chi connectivity index (χ1) is 5.57. The molecule has 1 amide bonds. The second-order valence-electron chi connectivity index (χ2n) is 2.53. The monoisotopic (exact) mass is 180 g/mol. The molecule has 0 saturated carbocycles. The molecule has 1 atom stereocenters. The van der Waals surface area contributed by atoms with Gasteiger partial charge < -0.3 is 11.1 Å². The quantitative estimate of drug-likeness (QED) is 0.647. The van der Waals surface area contributed by atoms with Crippen LogP contribution in [-0.4, -0.2) is 24.9 Å². The van der Waals surface area contributed by atoms with E-state index in [0.717, 1.165) is 6.42 Å². The van der Waals surface area contributed by atoms with Gasteiger partial charge in [0.1, 0.15) is 0 Å². The van der Waals surface area contributed by atoms with E-state index in [9.17, 15) is 13.6 Å². The van der Waals surface area contributed by atoms with Crippen molar-refractivity contribution in [2.75, 3.05) is 6.54 Å². The van der Waals surface area contributed by atoms with E-state index in [1.807, 2.05) is 6.92 Å². The van der Waals surface area contributed by atoms with Crippen LogP contribution in [0.2, 0.25) is 0 Å². The molecule has 1 unspecified atom stereocenters. The Morgan fingerprint density at radius 2 is 2.17 bits per heavy atom. The fraction of sp³-hybridized carbons (Fsp3) is 0.857. The van der Waals surface area contributed by atoms with Gasteiger partial charge in [-0.05, 0) is 6.42 Å². The molecule has 0 aromatic carbocycles. The second kappa shape index (κ2) is 5.88. The van der Waals surface area contributed by atoms with Crippen LogP contribution in [0.3, 0.4) is 0 Å². The van der Waals surface area contributed by atoms with E-state index in [4.69, 9.17) is 5.73 Å². The molecule has 72 valence electrons. The highest BCUT2D eigenvalue weighted by Gasteiger charge is 2.13. The number of nitrogens with two attached hydrogens (primary N) is 1. The van der Waals surface area contributed by atoms with Crippen LogP contribution < -0.4 is 11.1 Å². The Labute approximate surface area is 70.3 Å². The van der Waals surface area contributed by atoms with Crippen LogP contribution in [0.25, 0.3) is 0 Å². The van der Waals surface area contributed by atoms with Gasteiger partial charge in [-0.15, -0.1) is 0 Å². The summed E-state index contributed by atoms with van der Waals surface area (Å²) in [6.07, 6.45) is -1.22. The maximum atomic E-state index is 11.6. The first-order valence-corrected chi connectivity index (χ1v) is 3.89. The zero-order chi connectivity index (χ0) is 9.56. The zero-order valence-corrected chi connectivity index (χ0v) is 7.02. The van der Waals surface area contributed by atoms with Crippen molar-refractivity contribution in [1.29, 1.82) is 0 Å². The highest BCUT2D eigenvalue weighted by atomic mass is 19.3. The average Bonchev–Trinajstić information content (AvgIpc) is 2.00. The number of nitrogens with one attached hydrogen (secondary N) is 1. The second-order valence-corrected chi connectivity index (χ2v) is 2.53. The standard InChI is InChI=1S/C7H14F2N2O/c1-2-3-5(10)7(12)11-4-6(8)9/h5-6H,2-4,10H2,1H3,(H,11,12). The van der Waals surface area contributed by atoms with E-state index in [2.05, 4.69) is 5.32 Å². The molecule has 0 aliphatic carbocycles. The van der Waals surface area contributed by atoms with Gasteiger partial charge in [0.25, 0.3) is 6.43 Å². The highest BCUT2D eigenvalue weighted by molar-refractivity contribution is 5.81. The number of hydrogen-bond donors (Lipinski definition) is 2. The van der Waals surface area contributed by atoms with Crippen LogP contribution in [0.1, 0.15) is 19.8 Å². The summed E-state index contributed by atoms with van der Waals surface area (Å²) in [5.74, 6) is -0.503. The van der Waals surface area contributed by atoms with E-state index in [1.54, 1.807) is 0 Å². The van der Waals surface area contributed by atoms with Gasteiger partial charge in [-0.3, -0.25) is 4.79 Å². The normalized spacial score (nSPS) is 13.1. The Balaban J connectivity index is 3.57. The SMILES string of the molecule is CCCC(N)C(=O)NCC(F)F. The molecule has 0 aromatic rings. The molecule has 0 rings (SSSR count). The fourth-order valence-electron chi connectivity index (χ4n) is 0.751. The summed E-state index contributed by atoms with van der Waals surface area (Å²) >= 11 is 0. The number of carbonyl (C=O) groups is 1. The molecule has 0 aromatic heterocycles. The van der Waals surface area contributed by atoms with Gasteiger partial charge in [0.05, 0.1) is 12.6 Å². The molecule has 12 heavy (non-hydrogen) atoms. The smallest absolute Gasteiger partial charge is 0.255 e. The summed E-state index contributed by atoms with van der Waals surface area (Å²) in [5.41, 5.74) is 5.36. The Morgan fingerprint density at radius 1 is 1.58 bits per heavy atom. The van der Waals surface area contributed by atoms with Crippen LogP contribution in [0.5, 0.6) is 0 Å². The van der Waals surface area contributed by atoms with Crippen LogP contribution in [0.15, 0.2) is 0 Å². The first kappa shape index (κ1) is 11.3. The fourth-order valence-corrected chi connectivity index (χ4v) is 0.751. The summed E-state index contributed by atoms with van der Waals surface area (Å²) in [4.78, 5) is 10.9. The van der Waals surface area contributed by atoms with E-state index in [-0.39, 0.29) is 0 Å². The minimum Gasteiger partial charge on any atom is -0.349 e. The Morgan fingerprint density at radius 3 is 2.58 bits per heavy atom. The van der Waals surface area contributed by atoms with Gasteiger partial charge in [-0.25, -0.2) is 8.78 Å². The lowest BCUT2D eigenvalue weighted by molar-refractivity contribution is -0.123. The lowest BCUT2D eigenvalue weighted by Gasteiger charge is -2.10. The van der Waals surface area contributed by atoms with Gasteiger partial charge in [0, 0.05) is 0 Å². The third-order valence-electron chi connectivity index (χ3n) is 1.37. The maximum Gasteiger partial charge on any atom is 0.255 e. The summed E-state index contributed by atoms with van der Waals surface area (Å²) in [6, 6.07) is -0.659.